The van der Waals surface area contributed by atoms with Gasteiger partial charge < -0.3 is 10.6 Å². The number of rotatable bonds is 4. The van der Waals surface area contributed by atoms with Crippen LogP contribution in [0.3, 0.4) is 0 Å². The monoisotopic (exact) mass is 220 g/mol. The second kappa shape index (κ2) is 4.28. The van der Waals surface area contributed by atoms with E-state index in [2.05, 4.69) is 35.8 Å². The lowest BCUT2D eigenvalue weighted by molar-refractivity contribution is 0.756. The maximum Gasteiger partial charge on any atom is 0.137 e. The summed E-state index contributed by atoms with van der Waals surface area (Å²) >= 11 is 0. The third-order valence-electron chi connectivity index (χ3n) is 3.06. The number of nitrogens with zero attached hydrogens (tertiary/aromatic N) is 3. The van der Waals surface area contributed by atoms with Crippen molar-refractivity contribution in [3.63, 3.8) is 0 Å². The molecule has 1 heterocycles. The van der Waals surface area contributed by atoms with Crippen LogP contribution in [0.25, 0.3) is 0 Å². The number of hydrogen-bond acceptors (Lipinski definition) is 4. The quantitative estimate of drug-likeness (QED) is 0.843. The van der Waals surface area contributed by atoms with Crippen LogP contribution in [0.4, 0.5) is 11.6 Å². The molecule has 0 radical (unpaired) electrons. The van der Waals surface area contributed by atoms with Crippen LogP contribution in [0.5, 0.6) is 0 Å². The fourth-order valence-electron chi connectivity index (χ4n) is 2.03. The maximum absolute atomic E-state index is 5.93. The van der Waals surface area contributed by atoms with Gasteiger partial charge in [-0.15, -0.1) is 0 Å². The van der Waals surface area contributed by atoms with Gasteiger partial charge in [-0.3, -0.25) is 0 Å². The van der Waals surface area contributed by atoms with Crippen molar-refractivity contribution in [3.8, 4) is 0 Å². The lowest BCUT2D eigenvalue weighted by Gasteiger charge is -2.23. The minimum atomic E-state index is 0.359. The van der Waals surface area contributed by atoms with Crippen molar-refractivity contribution < 1.29 is 0 Å². The molecule has 1 fully saturated rings. The van der Waals surface area contributed by atoms with Gasteiger partial charge in [0.05, 0.1) is 0 Å². The third kappa shape index (κ3) is 2.26. The van der Waals surface area contributed by atoms with Crippen molar-refractivity contribution in [1.29, 1.82) is 0 Å². The van der Waals surface area contributed by atoms with E-state index in [1.807, 2.05) is 0 Å². The lowest BCUT2D eigenvalue weighted by atomic mass is 10.0. The van der Waals surface area contributed by atoms with Gasteiger partial charge >= 0.3 is 0 Å². The molecule has 0 aliphatic heterocycles. The van der Waals surface area contributed by atoms with E-state index in [9.17, 15) is 0 Å². The summed E-state index contributed by atoms with van der Waals surface area (Å²) in [5, 5.41) is 0. The van der Waals surface area contributed by atoms with Gasteiger partial charge in [-0.2, -0.15) is 0 Å². The van der Waals surface area contributed by atoms with E-state index < -0.39 is 0 Å². The zero-order valence-electron chi connectivity index (χ0n) is 10.3. The molecule has 1 aromatic rings. The molecule has 4 nitrogen and oxygen atoms in total. The molecule has 0 amide bonds. The Bertz CT molecular complexity index is 371. The summed E-state index contributed by atoms with van der Waals surface area (Å²) < 4.78 is 0. The standard InChI is InChI=1S/C12H20N4/c1-8(2)10-11(13)14-7-15-12(10)16(3)6-9-4-5-9/h7-9H,4-6H2,1-3H3,(H2,13,14,15). The average Bonchev–Trinajstić information content (AvgIpc) is 3.00. The molecule has 88 valence electrons. The lowest BCUT2D eigenvalue weighted by Crippen LogP contribution is -2.23. The molecule has 1 aliphatic rings. The highest BCUT2D eigenvalue weighted by Crippen LogP contribution is 2.33. The van der Waals surface area contributed by atoms with Crippen LogP contribution in [0.1, 0.15) is 38.2 Å². The molecule has 0 spiro atoms. The minimum absolute atomic E-state index is 0.359. The molecule has 0 unspecified atom stereocenters. The Kier molecular flexibility index (Phi) is 2.99. The van der Waals surface area contributed by atoms with E-state index in [4.69, 9.17) is 5.73 Å². The summed E-state index contributed by atoms with van der Waals surface area (Å²) in [6.45, 7) is 5.34. The minimum Gasteiger partial charge on any atom is -0.383 e. The fraction of sp³-hybridized carbons (Fsp3) is 0.667. The molecule has 2 rings (SSSR count). The van der Waals surface area contributed by atoms with Gasteiger partial charge in [0.25, 0.3) is 0 Å². The second-order valence-electron chi connectivity index (χ2n) is 4.97. The molecule has 0 bridgehead atoms. The highest BCUT2D eigenvalue weighted by molar-refractivity contribution is 5.57. The van der Waals surface area contributed by atoms with Crippen LogP contribution in [0.15, 0.2) is 6.33 Å². The van der Waals surface area contributed by atoms with Crippen LogP contribution in [-0.4, -0.2) is 23.6 Å². The molecule has 1 aliphatic carbocycles. The molecule has 4 heteroatoms. The van der Waals surface area contributed by atoms with E-state index in [1.54, 1.807) is 6.33 Å². The van der Waals surface area contributed by atoms with Gasteiger partial charge in [-0.05, 0) is 24.7 Å². The van der Waals surface area contributed by atoms with Crippen LogP contribution in [0, 0.1) is 5.92 Å². The Morgan fingerprint density at radius 3 is 2.69 bits per heavy atom. The predicted molar refractivity (Wildman–Crippen MR) is 66.5 cm³/mol. The van der Waals surface area contributed by atoms with E-state index in [1.165, 1.54) is 12.8 Å². The summed E-state index contributed by atoms with van der Waals surface area (Å²) in [5.41, 5.74) is 7.00. The Labute approximate surface area is 96.9 Å². The molecular weight excluding hydrogens is 200 g/mol. The Morgan fingerprint density at radius 2 is 2.12 bits per heavy atom. The van der Waals surface area contributed by atoms with Crippen molar-refractivity contribution in [1.82, 2.24) is 9.97 Å². The van der Waals surface area contributed by atoms with Crippen molar-refractivity contribution in [2.24, 2.45) is 5.92 Å². The third-order valence-corrected chi connectivity index (χ3v) is 3.06. The normalized spacial score (nSPS) is 15.5. The molecule has 16 heavy (non-hydrogen) atoms. The van der Waals surface area contributed by atoms with Gasteiger partial charge in [0.15, 0.2) is 0 Å². The number of aromatic nitrogens is 2. The van der Waals surface area contributed by atoms with E-state index in [-0.39, 0.29) is 0 Å². The fourth-order valence-corrected chi connectivity index (χ4v) is 2.03. The predicted octanol–water partition coefficient (Wildman–Crippen LogP) is 2.03. The summed E-state index contributed by atoms with van der Waals surface area (Å²) in [6, 6.07) is 0. The molecule has 1 saturated carbocycles. The Morgan fingerprint density at radius 1 is 1.44 bits per heavy atom. The summed E-state index contributed by atoms with van der Waals surface area (Å²) in [4.78, 5) is 10.7. The van der Waals surface area contributed by atoms with E-state index in [0.717, 1.165) is 23.8 Å². The van der Waals surface area contributed by atoms with Gasteiger partial charge in [0, 0.05) is 19.2 Å². The largest absolute Gasteiger partial charge is 0.383 e. The summed E-state index contributed by atoms with van der Waals surface area (Å²) in [6.07, 6.45) is 4.25. The average molecular weight is 220 g/mol. The molecule has 0 aromatic carbocycles. The highest BCUT2D eigenvalue weighted by Gasteiger charge is 2.25. The van der Waals surface area contributed by atoms with Crippen molar-refractivity contribution in [3.05, 3.63) is 11.9 Å². The summed E-state index contributed by atoms with van der Waals surface area (Å²) in [5.74, 6) is 2.82. The zero-order chi connectivity index (χ0) is 11.7. The second-order valence-corrected chi connectivity index (χ2v) is 4.97. The number of nitrogens with two attached hydrogens (primary N) is 1. The first-order valence-corrected chi connectivity index (χ1v) is 5.91. The van der Waals surface area contributed by atoms with Crippen LogP contribution < -0.4 is 10.6 Å². The number of nitrogen functional groups attached to an aromatic ring is 1. The molecule has 1 aromatic heterocycles. The number of hydrogen-bond donors (Lipinski definition) is 1. The Hall–Kier alpha value is -1.32. The van der Waals surface area contributed by atoms with Crippen molar-refractivity contribution in [2.45, 2.75) is 32.6 Å². The number of anilines is 2. The zero-order valence-corrected chi connectivity index (χ0v) is 10.3. The van der Waals surface area contributed by atoms with Crippen LogP contribution >= 0.6 is 0 Å². The molecule has 0 atom stereocenters. The van der Waals surface area contributed by atoms with Gasteiger partial charge in [-0.25, -0.2) is 9.97 Å². The molecule has 2 N–H and O–H groups in total. The first kappa shape index (κ1) is 11.2. The van der Waals surface area contributed by atoms with Gasteiger partial charge in [0.1, 0.15) is 18.0 Å². The van der Waals surface area contributed by atoms with Crippen molar-refractivity contribution >= 4 is 11.6 Å². The first-order valence-electron chi connectivity index (χ1n) is 5.91. The SMILES string of the molecule is CC(C)c1c(N)ncnc1N(C)CC1CC1. The topological polar surface area (TPSA) is 55.0 Å². The van der Waals surface area contributed by atoms with E-state index >= 15 is 0 Å². The smallest absolute Gasteiger partial charge is 0.137 e. The Balaban J connectivity index is 2.26. The van der Waals surface area contributed by atoms with Crippen LogP contribution in [0.2, 0.25) is 0 Å². The van der Waals surface area contributed by atoms with Crippen LogP contribution in [-0.2, 0) is 0 Å². The molecule has 0 saturated heterocycles. The van der Waals surface area contributed by atoms with E-state index in [0.29, 0.717) is 11.7 Å². The maximum atomic E-state index is 5.93. The van der Waals surface area contributed by atoms with Crippen molar-refractivity contribution in [2.75, 3.05) is 24.2 Å². The van der Waals surface area contributed by atoms with Gasteiger partial charge in [0.2, 0.25) is 0 Å². The summed E-state index contributed by atoms with van der Waals surface area (Å²) in [7, 11) is 2.09. The molecular formula is C12H20N4. The van der Waals surface area contributed by atoms with Gasteiger partial charge in [-0.1, -0.05) is 13.8 Å². The highest BCUT2D eigenvalue weighted by atomic mass is 15.2. The first-order chi connectivity index (χ1) is 7.59.